The van der Waals surface area contributed by atoms with Crippen LogP contribution in [0.4, 0.5) is 4.79 Å². The van der Waals surface area contributed by atoms with Crippen LogP contribution >= 0.6 is 0 Å². The van der Waals surface area contributed by atoms with E-state index in [0.29, 0.717) is 17.1 Å². The minimum atomic E-state index is -1.08. The maximum atomic E-state index is 13.3. The Morgan fingerprint density at radius 2 is 1.33 bits per heavy atom. The summed E-state index contributed by atoms with van der Waals surface area (Å²) in [5, 5.41) is 11.5. The lowest BCUT2D eigenvalue weighted by atomic mass is 9.98. The van der Waals surface area contributed by atoms with E-state index in [4.69, 9.17) is 24.1 Å². The highest BCUT2D eigenvalue weighted by Gasteiger charge is 2.30. The molecule has 1 amide bonds. The molecule has 0 aliphatic heterocycles. The molecule has 1 atom stereocenters. The predicted molar refractivity (Wildman–Crippen MR) is 172 cm³/mol. The maximum Gasteiger partial charge on any atom is 0.407 e. The zero-order valence-electron chi connectivity index (χ0n) is 26.0. The second-order valence-electron chi connectivity index (χ2n) is 12.0. The van der Waals surface area contributed by atoms with Gasteiger partial charge in [-0.15, -0.1) is 0 Å². The molecule has 4 aromatic rings. The highest BCUT2D eigenvalue weighted by Crippen LogP contribution is 2.44. The number of carboxylic acid groups (broad SMARTS) is 1. The van der Waals surface area contributed by atoms with E-state index < -0.39 is 30.7 Å². The van der Waals surface area contributed by atoms with Gasteiger partial charge in [-0.2, -0.15) is 0 Å². The molecular formula is C37H37NO8. The van der Waals surface area contributed by atoms with Crippen LogP contribution in [0.5, 0.6) is 11.5 Å². The van der Waals surface area contributed by atoms with Gasteiger partial charge in [0, 0.05) is 12.3 Å². The van der Waals surface area contributed by atoms with Crippen molar-refractivity contribution in [1.29, 1.82) is 0 Å². The number of aliphatic carboxylic acids is 1. The summed E-state index contributed by atoms with van der Waals surface area (Å²) >= 11 is 0. The molecule has 0 bridgehead atoms. The van der Waals surface area contributed by atoms with E-state index in [1.807, 2.05) is 81.4 Å². The SMILES string of the molecule is CC(C)(C)Oc1ccc(C[C@H](NC(=O)OCC2c3ccccc3-c3ccccc32)C(=O)OCc2ccc(OCC(=O)O)cc2)cc1. The molecule has 2 N–H and O–H groups in total. The first-order valence-corrected chi connectivity index (χ1v) is 15.1. The number of rotatable bonds is 12. The van der Waals surface area contributed by atoms with Crippen LogP contribution in [0.2, 0.25) is 0 Å². The van der Waals surface area contributed by atoms with Crippen LogP contribution in [-0.4, -0.2) is 48.0 Å². The van der Waals surface area contributed by atoms with Crippen LogP contribution in [0.15, 0.2) is 97.1 Å². The van der Waals surface area contributed by atoms with Crippen molar-refractivity contribution < 1.29 is 38.4 Å². The number of fused-ring (bicyclic) bond motifs is 3. The Hall–Kier alpha value is -5.31. The second-order valence-corrected chi connectivity index (χ2v) is 12.0. The van der Waals surface area contributed by atoms with Crippen molar-refractivity contribution in [3.8, 4) is 22.6 Å². The first-order chi connectivity index (χ1) is 22.1. The number of hydrogen-bond donors (Lipinski definition) is 2. The highest BCUT2D eigenvalue weighted by atomic mass is 16.6. The average Bonchev–Trinajstić information content (AvgIpc) is 3.35. The fourth-order valence-electron chi connectivity index (χ4n) is 5.34. The predicted octanol–water partition coefficient (Wildman–Crippen LogP) is 6.52. The summed E-state index contributed by atoms with van der Waals surface area (Å²) in [6, 6.07) is 29.0. The molecule has 0 spiro atoms. The lowest BCUT2D eigenvalue weighted by Gasteiger charge is -2.22. The Bertz CT molecular complexity index is 1630. The molecule has 0 saturated heterocycles. The largest absolute Gasteiger partial charge is 0.488 e. The quantitative estimate of drug-likeness (QED) is 0.171. The first-order valence-electron chi connectivity index (χ1n) is 15.1. The van der Waals surface area contributed by atoms with Gasteiger partial charge in [0.1, 0.15) is 36.4 Å². The van der Waals surface area contributed by atoms with Crippen LogP contribution < -0.4 is 14.8 Å². The molecule has 1 aliphatic rings. The van der Waals surface area contributed by atoms with Crippen molar-refractivity contribution in [3.05, 3.63) is 119 Å². The molecule has 9 heteroatoms. The smallest absolute Gasteiger partial charge is 0.407 e. The number of carbonyl (C=O) groups excluding carboxylic acids is 2. The Morgan fingerprint density at radius 3 is 1.91 bits per heavy atom. The molecule has 9 nitrogen and oxygen atoms in total. The van der Waals surface area contributed by atoms with Crippen molar-refractivity contribution in [1.82, 2.24) is 5.32 Å². The fraction of sp³-hybridized carbons (Fsp3) is 0.270. The summed E-state index contributed by atoms with van der Waals surface area (Å²) < 4.78 is 22.4. The van der Waals surface area contributed by atoms with Gasteiger partial charge in [-0.1, -0.05) is 72.8 Å². The van der Waals surface area contributed by atoms with Crippen LogP contribution in [0.25, 0.3) is 11.1 Å². The van der Waals surface area contributed by atoms with Crippen molar-refractivity contribution in [2.45, 2.75) is 51.4 Å². The molecule has 0 unspecified atom stereocenters. The maximum absolute atomic E-state index is 13.3. The van der Waals surface area contributed by atoms with Crippen LogP contribution in [0.1, 0.15) is 48.9 Å². The molecule has 4 aromatic carbocycles. The van der Waals surface area contributed by atoms with Gasteiger partial charge in [0.05, 0.1) is 0 Å². The molecule has 46 heavy (non-hydrogen) atoms. The van der Waals surface area contributed by atoms with Crippen LogP contribution in [-0.2, 0) is 32.1 Å². The number of nitrogens with one attached hydrogen (secondary N) is 1. The van der Waals surface area contributed by atoms with Gasteiger partial charge in [0.2, 0.25) is 0 Å². The molecule has 238 valence electrons. The first kappa shape index (κ1) is 32.1. The fourth-order valence-corrected chi connectivity index (χ4v) is 5.34. The Labute approximate surface area is 268 Å². The number of benzene rings is 4. The highest BCUT2D eigenvalue weighted by molar-refractivity contribution is 5.82. The lowest BCUT2D eigenvalue weighted by Crippen LogP contribution is -2.43. The lowest BCUT2D eigenvalue weighted by molar-refractivity contribution is -0.147. The zero-order chi connectivity index (χ0) is 32.7. The number of alkyl carbamates (subject to hydrolysis) is 1. The molecule has 1 aliphatic carbocycles. The third-order valence-corrected chi connectivity index (χ3v) is 7.37. The summed E-state index contributed by atoms with van der Waals surface area (Å²) in [7, 11) is 0. The molecular weight excluding hydrogens is 586 g/mol. The van der Waals surface area contributed by atoms with Gasteiger partial charge in [-0.25, -0.2) is 14.4 Å². The van der Waals surface area contributed by atoms with E-state index in [1.165, 1.54) is 0 Å². The van der Waals surface area contributed by atoms with E-state index in [2.05, 4.69) is 17.4 Å². The topological polar surface area (TPSA) is 120 Å². The van der Waals surface area contributed by atoms with E-state index in [0.717, 1.165) is 27.8 Å². The Morgan fingerprint density at radius 1 is 0.761 bits per heavy atom. The van der Waals surface area contributed by atoms with Crippen molar-refractivity contribution in [2.24, 2.45) is 0 Å². The van der Waals surface area contributed by atoms with Crippen LogP contribution in [0, 0.1) is 0 Å². The normalized spacial score (nSPS) is 12.8. The van der Waals surface area contributed by atoms with Crippen LogP contribution in [0.3, 0.4) is 0 Å². The monoisotopic (exact) mass is 623 g/mol. The molecule has 5 rings (SSSR count). The number of carbonyl (C=O) groups is 3. The van der Waals surface area contributed by atoms with E-state index in [1.54, 1.807) is 24.3 Å². The third kappa shape index (κ3) is 8.44. The number of amides is 1. The van der Waals surface area contributed by atoms with Gasteiger partial charge >= 0.3 is 18.0 Å². The van der Waals surface area contributed by atoms with Gasteiger partial charge in [-0.3, -0.25) is 0 Å². The molecule has 0 saturated carbocycles. The summed E-state index contributed by atoms with van der Waals surface area (Å²) in [4.78, 5) is 37.2. The number of esters is 1. The summed E-state index contributed by atoms with van der Waals surface area (Å²) in [6.45, 7) is 5.47. The Kier molecular flexibility index (Phi) is 9.91. The number of ether oxygens (including phenoxy) is 4. The average molecular weight is 624 g/mol. The standard InChI is InChI=1S/C37H37NO8/c1-37(2,3)46-27-18-12-24(13-19-27)20-33(35(41)44-21-25-14-16-26(17-15-25)43-23-34(39)40)38-36(42)45-22-32-30-10-6-4-8-28(30)29-9-5-7-11-31(29)32/h4-19,32-33H,20-23H2,1-3H3,(H,38,42)(H,39,40)/t33-/m0/s1. The number of carboxylic acids is 1. The molecule has 0 aromatic heterocycles. The summed E-state index contributed by atoms with van der Waals surface area (Å²) in [5.41, 5.74) is 5.51. The summed E-state index contributed by atoms with van der Waals surface area (Å²) in [5.74, 6) is -0.762. The van der Waals surface area contributed by atoms with Gasteiger partial charge in [-0.05, 0) is 78.4 Å². The Balaban J connectivity index is 1.25. The van der Waals surface area contributed by atoms with Gasteiger partial charge < -0.3 is 29.4 Å². The van der Waals surface area contributed by atoms with Crippen molar-refractivity contribution >= 4 is 18.0 Å². The minimum Gasteiger partial charge on any atom is -0.488 e. The molecule has 0 heterocycles. The van der Waals surface area contributed by atoms with E-state index in [9.17, 15) is 14.4 Å². The van der Waals surface area contributed by atoms with Gasteiger partial charge in [0.25, 0.3) is 0 Å². The molecule has 0 fully saturated rings. The minimum absolute atomic E-state index is 0.0563. The molecule has 0 radical (unpaired) electrons. The summed E-state index contributed by atoms with van der Waals surface area (Å²) in [6.07, 6.45) is -0.558. The van der Waals surface area contributed by atoms with E-state index >= 15 is 0 Å². The van der Waals surface area contributed by atoms with Gasteiger partial charge in [0.15, 0.2) is 6.61 Å². The second kappa shape index (κ2) is 14.2. The number of hydrogen-bond acceptors (Lipinski definition) is 7. The zero-order valence-corrected chi connectivity index (χ0v) is 26.0. The van der Waals surface area contributed by atoms with Crippen molar-refractivity contribution in [3.63, 3.8) is 0 Å². The van der Waals surface area contributed by atoms with Crippen molar-refractivity contribution in [2.75, 3.05) is 13.2 Å². The third-order valence-electron chi connectivity index (χ3n) is 7.37. The van der Waals surface area contributed by atoms with E-state index in [-0.39, 0.29) is 31.2 Å².